The third kappa shape index (κ3) is 3.31. The first kappa shape index (κ1) is 15.4. The molecule has 0 spiro atoms. The molecule has 2 unspecified atom stereocenters. The summed E-state index contributed by atoms with van der Waals surface area (Å²) in [5.74, 6) is 2.60. The summed E-state index contributed by atoms with van der Waals surface area (Å²) >= 11 is 1.95. The van der Waals surface area contributed by atoms with E-state index in [1.165, 1.54) is 16.0 Å². The van der Waals surface area contributed by atoms with Gasteiger partial charge in [0, 0.05) is 28.7 Å². The summed E-state index contributed by atoms with van der Waals surface area (Å²) in [4.78, 5) is 3.61. The van der Waals surface area contributed by atoms with Gasteiger partial charge in [0.15, 0.2) is 0 Å². The van der Waals surface area contributed by atoms with E-state index in [4.69, 9.17) is 4.74 Å². The Morgan fingerprint density at radius 3 is 2.59 bits per heavy atom. The number of para-hydroxylation sites is 1. The Kier molecular flexibility index (Phi) is 4.74. The molecule has 1 heterocycles. The summed E-state index contributed by atoms with van der Waals surface area (Å²) in [5, 5.41) is 0. The minimum Gasteiger partial charge on any atom is -0.485 e. The Labute approximate surface area is 137 Å². The number of ether oxygens (including phenoxy) is 1. The Balaban J connectivity index is 1.93. The van der Waals surface area contributed by atoms with Gasteiger partial charge in [-0.2, -0.15) is 0 Å². The second kappa shape index (κ2) is 6.76. The minimum atomic E-state index is 0.126. The second-order valence-electron chi connectivity index (χ2n) is 6.18. The van der Waals surface area contributed by atoms with Crippen LogP contribution in [0.25, 0.3) is 0 Å². The van der Waals surface area contributed by atoms with Gasteiger partial charge in [0.25, 0.3) is 0 Å². The van der Waals surface area contributed by atoms with E-state index in [1.807, 2.05) is 17.8 Å². The van der Waals surface area contributed by atoms with Crippen LogP contribution in [-0.2, 0) is 0 Å². The average molecular weight is 313 g/mol. The number of aryl methyl sites for hydroxylation is 1. The molecule has 2 aromatic carbocycles. The molecule has 0 aliphatic carbocycles. The zero-order chi connectivity index (χ0) is 15.5. The van der Waals surface area contributed by atoms with Gasteiger partial charge >= 0.3 is 0 Å². The van der Waals surface area contributed by atoms with Gasteiger partial charge < -0.3 is 9.64 Å². The first-order chi connectivity index (χ1) is 10.6. The summed E-state index contributed by atoms with van der Waals surface area (Å²) in [6, 6.07) is 16.9. The minimum absolute atomic E-state index is 0.126. The number of hydrogen-bond acceptors (Lipinski definition) is 3. The maximum Gasteiger partial charge on any atom is 0.130 e. The van der Waals surface area contributed by atoms with E-state index in [1.54, 1.807) is 0 Å². The van der Waals surface area contributed by atoms with Gasteiger partial charge in [-0.15, -0.1) is 11.8 Å². The fourth-order valence-corrected chi connectivity index (χ4v) is 4.19. The molecular formula is C19H23NOS. The van der Waals surface area contributed by atoms with Crippen molar-refractivity contribution in [3.63, 3.8) is 0 Å². The van der Waals surface area contributed by atoms with Crippen LogP contribution in [0.15, 0.2) is 53.4 Å². The molecule has 0 radical (unpaired) electrons. The van der Waals surface area contributed by atoms with Crippen LogP contribution in [-0.4, -0.2) is 31.3 Å². The molecular weight excluding hydrogens is 290 g/mol. The highest BCUT2D eigenvalue weighted by Gasteiger charge is 2.32. The largest absolute Gasteiger partial charge is 0.485 e. The molecule has 1 aliphatic heterocycles. The van der Waals surface area contributed by atoms with Crippen LogP contribution in [0.4, 0.5) is 0 Å². The molecule has 22 heavy (non-hydrogen) atoms. The van der Waals surface area contributed by atoms with Crippen LogP contribution in [0.2, 0.25) is 0 Å². The highest BCUT2D eigenvalue weighted by atomic mass is 32.2. The van der Waals surface area contributed by atoms with E-state index >= 15 is 0 Å². The van der Waals surface area contributed by atoms with Crippen LogP contribution >= 0.6 is 11.8 Å². The molecule has 1 aliphatic rings. The summed E-state index contributed by atoms with van der Waals surface area (Å²) in [6.45, 7) is 3.15. The Hall–Kier alpha value is -1.45. The SMILES string of the molecule is Cc1ccccc1OC1c2ccccc2SCC1CN(C)C. The van der Waals surface area contributed by atoms with Crippen molar-refractivity contribution in [3.05, 3.63) is 59.7 Å². The number of benzene rings is 2. The van der Waals surface area contributed by atoms with Gasteiger partial charge in [0.05, 0.1) is 0 Å². The molecule has 0 fully saturated rings. The van der Waals surface area contributed by atoms with E-state index < -0.39 is 0 Å². The highest BCUT2D eigenvalue weighted by molar-refractivity contribution is 7.99. The fraction of sp³-hybridized carbons (Fsp3) is 0.368. The molecule has 0 N–H and O–H groups in total. The third-order valence-electron chi connectivity index (χ3n) is 4.05. The first-order valence-corrected chi connectivity index (χ1v) is 8.72. The Bertz CT molecular complexity index is 641. The van der Waals surface area contributed by atoms with Crippen molar-refractivity contribution in [2.45, 2.75) is 17.9 Å². The second-order valence-corrected chi connectivity index (χ2v) is 7.24. The van der Waals surface area contributed by atoms with E-state index in [9.17, 15) is 0 Å². The molecule has 3 heteroatoms. The number of hydrogen-bond donors (Lipinski definition) is 0. The van der Waals surface area contributed by atoms with Crippen molar-refractivity contribution in [3.8, 4) is 5.75 Å². The van der Waals surface area contributed by atoms with Crippen LogP contribution in [0.5, 0.6) is 5.75 Å². The molecule has 116 valence electrons. The molecule has 2 nitrogen and oxygen atoms in total. The number of rotatable bonds is 4. The van der Waals surface area contributed by atoms with Gasteiger partial charge in [-0.1, -0.05) is 36.4 Å². The lowest BCUT2D eigenvalue weighted by molar-refractivity contribution is 0.121. The zero-order valence-corrected chi connectivity index (χ0v) is 14.3. The van der Waals surface area contributed by atoms with Crippen molar-refractivity contribution in [1.82, 2.24) is 4.90 Å². The van der Waals surface area contributed by atoms with Crippen LogP contribution in [0.1, 0.15) is 17.2 Å². The Morgan fingerprint density at radius 2 is 1.82 bits per heavy atom. The van der Waals surface area contributed by atoms with E-state index in [0.717, 1.165) is 18.0 Å². The number of thioether (sulfide) groups is 1. The lowest BCUT2D eigenvalue weighted by atomic mass is 9.95. The molecule has 0 saturated heterocycles. The van der Waals surface area contributed by atoms with E-state index in [0.29, 0.717) is 5.92 Å². The summed E-state index contributed by atoms with van der Waals surface area (Å²) in [6.07, 6.45) is 0.126. The van der Waals surface area contributed by atoms with E-state index in [-0.39, 0.29) is 6.10 Å². The van der Waals surface area contributed by atoms with Gasteiger partial charge in [0.1, 0.15) is 11.9 Å². The van der Waals surface area contributed by atoms with E-state index in [2.05, 4.69) is 68.4 Å². The van der Waals surface area contributed by atoms with Crippen LogP contribution in [0, 0.1) is 12.8 Å². The van der Waals surface area contributed by atoms with Crippen molar-refractivity contribution in [2.75, 3.05) is 26.4 Å². The maximum absolute atomic E-state index is 6.49. The smallest absolute Gasteiger partial charge is 0.130 e. The molecule has 0 amide bonds. The topological polar surface area (TPSA) is 12.5 Å². The predicted molar refractivity (Wildman–Crippen MR) is 93.8 cm³/mol. The number of nitrogens with zero attached hydrogens (tertiary/aromatic N) is 1. The lowest BCUT2D eigenvalue weighted by Gasteiger charge is -2.35. The third-order valence-corrected chi connectivity index (χ3v) is 5.33. The first-order valence-electron chi connectivity index (χ1n) is 7.74. The normalized spacial score (nSPS) is 20.7. The Morgan fingerprint density at radius 1 is 1.09 bits per heavy atom. The molecule has 2 atom stereocenters. The summed E-state index contributed by atoms with van der Waals surface area (Å²) < 4.78 is 6.49. The monoisotopic (exact) mass is 313 g/mol. The fourth-order valence-electron chi connectivity index (χ4n) is 2.99. The molecule has 0 saturated carbocycles. The molecule has 3 rings (SSSR count). The van der Waals surface area contributed by atoms with Gasteiger partial charge in [-0.25, -0.2) is 0 Å². The van der Waals surface area contributed by atoms with Gasteiger partial charge in [-0.05, 0) is 38.7 Å². The quantitative estimate of drug-likeness (QED) is 0.830. The highest BCUT2D eigenvalue weighted by Crippen LogP contribution is 2.42. The maximum atomic E-state index is 6.49. The summed E-state index contributed by atoms with van der Waals surface area (Å²) in [7, 11) is 4.27. The van der Waals surface area contributed by atoms with Crippen LogP contribution < -0.4 is 4.74 Å². The van der Waals surface area contributed by atoms with Crippen molar-refractivity contribution >= 4 is 11.8 Å². The molecule has 0 bridgehead atoms. The van der Waals surface area contributed by atoms with Crippen molar-refractivity contribution < 1.29 is 4.74 Å². The predicted octanol–water partition coefficient (Wildman–Crippen LogP) is 4.40. The van der Waals surface area contributed by atoms with Gasteiger partial charge in [0.2, 0.25) is 0 Å². The molecule has 0 aromatic heterocycles. The van der Waals surface area contributed by atoms with Crippen LogP contribution in [0.3, 0.4) is 0 Å². The molecule has 2 aromatic rings. The lowest BCUT2D eigenvalue weighted by Crippen LogP contribution is -2.33. The van der Waals surface area contributed by atoms with Gasteiger partial charge in [-0.3, -0.25) is 0 Å². The van der Waals surface area contributed by atoms with Crippen molar-refractivity contribution in [1.29, 1.82) is 0 Å². The average Bonchev–Trinajstić information content (AvgIpc) is 2.51. The zero-order valence-electron chi connectivity index (χ0n) is 13.5. The van der Waals surface area contributed by atoms with Crippen molar-refractivity contribution in [2.24, 2.45) is 5.92 Å². The number of fused-ring (bicyclic) bond motifs is 1. The summed E-state index contributed by atoms with van der Waals surface area (Å²) in [5.41, 5.74) is 2.52. The standard InChI is InChI=1S/C19H23NOS/c1-14-8-4-6-10-17(14)21-19-15(12-20(2)3)13-22-18-11-7-5-9-16(18)19/h4-11,15,19H,12-13H2,1-3H3.